The average molecular weight is 521 g/mol. The molecule has 6 rings (SSSR count). The molecule has 0 bridgehead atoms. The zero-order valence-electron chi connectivity index (χ0n) is 21.3. The van der Waals surface area contributed by atoms with Crippen LogP contribution in [0.5, 0.6) is 0 Å². The highest BCUT2D eigenvalue weighted by atomic mass is 19.1. The van der Waals surface area contributed by atoms with Crippen molar-refractivity contribution in [2.45, 2.75) is 32.4 Å². The minimum Gasteiger partial charge on any atom is -0.382 e. The highest BCUT2D eigenvalue weighted by molar-refractivity contribution is 5.97. The van der Waals surface area contributed by atoms with E-state index in [-0.39, 0.29) is 28.9 Å². The Balaban J connectivity index is 1.41. The fraction of sp³-hybridized carbons (Fsp3) is 0.393. The van der Waals surface area contributed by atoms with Gasteiger partial charge in [-0.1, -0.05) is 6.07 Å². The molecular formula is C28H30F2N6O2. The van der Waals surface area contributed by atoms with E-state index >= 15 is 4.39 Å². The van der Waals surface area contributed by atoms with E-state index in [1.807, 2.05) is 18.2 Å². The Kier molecular flexibility index (Phi) is 6.45. The first-order valence-corrected chi connectivity index (χ1v) is 13.0. The van der Waals surface area contributed by atoms with E-state index in [1.54, 1.807) is 6.07 Å². The van der Waals surface area contributed by atoms with Gasteiger partial charge in [0.25, 0.3) is 5.91 Å². The second kappa shape index (κ2) is 9.92. The molecule has 3 aliphatic heterocycles. The normalized spacial score (nSPS) is 19.6. The van der Waals surface area contributed by atoms with Gasteiger partial charge in [0.2, 0.25) is 5.95 Å². The van der Waals surface area contributed by atoms with Gasteiger partial charge >= 0.3 is 0 Å². The van der Waals surface area contributed by atoms with Crippen LogP contribution in [0.1, 0.15) is 34.8 Å². The largest absolute Gasteiger partial charge is 0.382 e. The molecule has 2 aromatic carbocycles. The van der Waals surface area contributed by atoms with Gasteiger partial charge in [-0.05, 0) is 68.2 Å². The summed E-state index contributed by atoms with van der Waals surface area (Å²) in [5, 5.41) is 2.65. The average Bonchev–Trinajstić information content (AvgIpc) is 2.86. The number of nitrogens with two attached hydrogens (primary N) is 1. The fourth-order valence-electron chi connectivity index (χ4n) is 5.46. The Morgan fingerprint density at radius 1 is 1.11 bits per heavy atom. The molecule has 3 aromatic rings. The quantitative estimate of drug-likeness (QED) is 0.532. The number of anilines is 2. The van der Waals surface area contributed by atoms with Crippen molar-refractivity contribution in [3.05, 3.63) is 58.8 Å². The monoisotopic (exact) mass is 520 g/mol. The van der Waals surface area contributed by atoms with Gasteiger partial charge in [0.1, 0.15) is 17.2 Å². The molecule has 1 atom stereocenters. The van der Waals surface area contributed by atoms with Gasteiger partial charge in [0, 0.05) is 43.0 Å². The minimum atomic E-state index is -0.785. The zero-order valence-corrected chi connectivity index (χ0v) is 21.3. The lowest BCUT2D eigenvalue weighted by Crippen LogP contribution is -2.42. The van der Waals surface area contributed by atoms with Crippen molar-refractivity contribution in [3.63, 3.8) is 0 Å². The minimum absolute atomic E-state index is 0.0255. The first kappa shape index (κ1) is 24.7. The van der Waals surface area contributed by atoms with Crippen LogP contribution in [0.4, 0.5) is 20.3 Å². The number of hydrogen-bond acceptors (Lipinski definition) is 7. The lowest BCUT2D eigenvalue weighted by molar-refractivity contribution is 0.0531. The number of carbonyl (C=O) groups excluding carboxylic acids is 1. The Morgan fingerprint density at radius 2 is 1.95 bits per heavy atom. The lowest BCUT2D eigenvalue weighted by atomic mass is 9.95. The SMILES string of the molecule is CC1CN(c2ccc(-c3nc(-c4cc(F)c5c(c4)CCNC5=O)c(N)nc3F)cc2CN2CCC2)CCO1. The molecule has 2 saturated heterocycles. The molecule has 8 nitrogen and oxygen atoms in total. The topological polar surface area (TPSA) is 96.6 Å². The number of benzene rings is 2. The number of ether oxygens (including phenoxy) is 1. The van der Waals surface area contributed by atoms with E-state index < -0.39 is 17.7 Å². The predicted octanol–water partition coefficient (Wildman–Crippen LogP) is 3.39. The molecule has 198 valence electrons. The lowest BCUT2D eigenvalue weighted by Gasteiger charge is -2.36. The van der Waals surface area contributed by atoms with E-state index in [2.05, 4.69) is 32.0 Å². The third-order valence-electron chi connectivity index (χ3n) is 7.51. The van der Waals surface area contributed by atoms with Crippen LogP contribution in [-0.2, 0) is 17.7 Å². The third-order valence-corrected chi connectivity index (χ3v) is 7.51. The van der Waals surface area contributed by atoms with Crippen molar-refractivity contribution in [1.29, 1.82) is 0 Å². The molecule has 0 radical (unpaired) electrons. The Labute approximate surface area is 219 Å². The number of nitrogen functional groups attached to an aromatic ring is 1. The molecular weight excluding hydrogens is 490 g/mol. The molecule has 2 fully saturated rings. The van der Waals surface area contributed by atoms with E-state index in [0.717, 1.165) is 44.0 Å². The predicted molar refractivity (Wildman–Crippen MR) is 141 cm³/mol. The highest BCUT2D eigenvalue weighted by Crippen LogP contribution is 2.34. The number of likely N-dealkylation sites (tertiary alicyclic amines) is 1. The number of morpholine rings is 1. The van der Waals surface area contributed by atoms with Crippen LogP contribution in [0.3, 0.4) is 0 Å². The number of aromatic nitrogens is 2. The van der Waals surface area contributed by atoms with Crippen LogP contribution in [0.2, 0.25) is 0 Å². The van der Waals surface area contributed by atoms with E-state index in [0.29, 0.717) is 36.3 Å². The zero-order chi connectivity index (χ0) is 26.4. The smallest absolute Gasteiger partial charge is 0.254 e. The highest BCUT2D eigenvalue weighted by Gasteiger charge is 2.26. The van der Waals surface area contributed by atoms with Crippen molar-refractivity contribution < 1.29 is 18.3 Å². The number of hydrogen-bond donors (Lipinski definition) is 2. The number of nitrogens with one attached hydrogen (secondary N) is 1. The molecule has 1 aromatic heterocycles. The molecule has 3 N–H and O–H groups in total. The van der Waals surface area contributed by atoms with E-state index in [4.69, 9.17) is 10.5 Å². The number of fused-ring (bicyclic) bond motifs is 1. The third kappa shape index (κ3) is 4.58. The van der Waals surface area contributed by atoms with Crippen molar-refractivity contribution in [1.82, 2.24) is 20.2 Å². The Morgan fingerprint density at radius 3 is 2.71 bits per heavy atom. The van der Waals surface area contributed by atoms with Crippen LogP contribution >= 0.6 is 0 Å². The van der Waals surface area contributed by atoms with Crippen LogP contribution in [0, 0.1) is 11.8 Å². The summed E-state index contributed by atoms with van der Waals surface area (Å²) < 4.78 is 35.8. The van der Waals surface area contributed by atoms with Crippen molar-refractivity contribution >= 4 is 17.4 Å². The second-order valence-electron chi connectivity index (χ2n) is 10.2. The maximum Gasteiger partial charge on any atom is 0.254 e. The fourth-order valence-corrected chi connectivity index (χ4v) is 5.46. The first-order valence-electron chi connectivity index (χ1n) is 13.0. The van der Waals surface area contributed by atoms with Crippen LogP contribution in [-0.4, -0.2) is 66.2 Å². The van der Waals surface area contributed by atoms with Crippen LogP contribution < -0.4 is 16.0 Å². The number of carbonyl (C=O) groups is 1. The summed E-state index contributed by atoms with van der Waals surface area (Å²) in [6.45, 7) is 7.53. The first-order chi connectivity index (χ1) is 18.4. The number of amides is 1. The van der Waals surface area contributed by atoms with Crippen LogP contribution in [0.25, 0.3) is 22.5 Å². The molecule has 3 aliphatic rings. The second-order valence-corrected chi connectivity index (χ2v) is 10.2. The summed E-state index contributed by atoms with van der Waals surface area (Å²) >= 11 is 0. The number of rotatable bonds is 5. The van der Waals surface area contributed by atoms with E-state index in [1.165, 1.54) is 12.5 Å². The Hall–Kier alpha value is -3.63. The van der Waals surface area contributed by atoms with Crippen molar-refractivity contribution in [2.75, 3.05) is 50.0 Å². The van der Waals surface area contributed by atoms with Gasteiger partial charge in [0.15, 0.2) is 5.82 Å². The summed E-state index contributed by atoms with van der Waals surface area (Å²) in [7, 11) is 0. The van der Waals surface area contributed by atoms with Crippen molar-refractivity contribution in [3.8, 4) is 22.5 Å². The van der Waals surface area contributed by atoms with Gasteiger partial charge in [-0.2, -0.15) is 9.37 Å². The van der Waals surface area contributed by atoms with Gasteiger partial charge in [-0.25, -0.2) is 9.37 Å². The molecule has 1 unspecified atom stereocenters. The van der Waals surface area contributed by atoms with Gasteiger partial charge in [-0.15, -0.1) is 0 Å². The summed E-state index contributed by atoms with van der Waals surface area (Å²) in [4.78, 5) is 25.3. The summed E-state index contributed by atoms with van der Waals surface area (Å²) in [6.07, 6.45) is 1.78. The van der Waals surface area contributed by atoms with Gasteiger partial charge in [-0.3, -0.25) is 9.69 Å². The number of halogens is 2. The van der Waals surface area contributed by atoms with Gasteiger partial charge < -0.3 is 20.7 Å². The molecule has 4 heterocycles. The molecule has 0 spiro atoms. The molecule has 0 aliphatic carbocycles. The Bertz CT molecular complexity index is 1410. The van der Waals surface area contributed by atoms with E-state index in [9.17, 15) is 9.18 Å². The summed E-state index contributed by atoms with van der Waals surface area (Å²) in [5.41, 5.74) is 10.0. The maximum atomic E-state index is 15.2. The molecule has 1 amide bonds. The van der Waals surface area contributed by atoms with Crippen LogP contribution in [0.15, 0.2) is 30.3 Å². The molecule has 10 heteroatoms. The number of nitrogens with zero attached hydrogens (tertiary/aromatic N) is 4. The standard InChI is InChI=1S/C28H30F2N6O2/c1-16-14-36(9-10-38-16)22-4-3-18(12-20(22)15-35-7-2-8-35)24-26(30)34-27(31)25(33-24)19-11-17-5-6-32-28(37)23(17)21(29)13-19/h3-4,11-13,16H,2,5-10,14-15H2,1H3,(H2,31,34)(H,32,37). The molecule has 0 saturated carbocycles. The molecule has 38 heavy (non-hydrogen) atoms. The maximum absolute atomic E-state index is 15.2. The summed E-state index contributed by atoms with van der Waals surface area (Å²) in [6, 6.07) is 8.73. The van der Waals surface area contributed by atoms with Gasteiger partial charge in [0.05, 0.1) is 18.3 Å². The summed E-state index contributed by atoms with van der Waals surface area (Å²) in [5.74, 6) is -2.03. The van der Waals surface area contributed by atoms with Crippen molar-refractivity contribution in [2.24, 2.45) is 0 Å².